The van der Waals surface area contributed by atoms with Crippen LogP contribution >= 0.6 is 0 Å². The lowest BCUT2D eigenvalue weighted by Crippen LogP contribution is -2.60. The summed E-state index contributed by atoms with van der Waals surface area (Å²) in [5.41, 5.74) is -3.08. The van der Waals surface area contributed by atoms with E-state index in [1.54, 1.807) is 0 Å². The van der Waals surface area contributed by atoms with Gasteiger partial charge in [-0.2, -0.15) is 16.8 Å². The maximum atomic E-state index is 10.7. The average molecular weight is 340 g/mol. The minimum absolute atomic E-state index is 0.900. The SMILES string of the molecule is O=C[C@@](O)([C@@H](O)[C@H](O)[C@H](O)C(O)S(=O)(=O)O)S(=O)(=O)O. The van der Waals surface area contributed by atoms with Gasteiger partial charge in [0.1, 0.15) is 18.3 Å². The second-order valence-electron chi connectivity index (χ2n) is 3.68. The van der Waals surface area contributed by atoms with E-state index in [1.165, 1.54) is 0 Å². The van der Waals surface area contributed by atoms with Crippen LogP contribution in [0.5, 0.6) is 0 Å². The van der Waals surface area contributed by atoms with Crippen LogP contribution in [0.1, 0.15) is 0 Å². The molecule has 0 fully saturated rings. The van der Waals surface area contributed by atoms with E-state index in [0.717, 1.165) is 0 Å². The topological polar surface area (TPSA) is 227 Å². The molecule has 0 rings (SSSR count). The molecular weight excluding hydrogens is 328 g/mol. The van der Waals surface area contributed by atoms with Gasteiger partial charge in [0.2, 0.25) is 5.44 Å². The smallest absolute Gasteiger partial charge is 0.305 e. The van der Waals surface area contributed by atoms with Crippen molar-refractivity contribution >= 4 is 26.5 Å². The summed E-state index contributed by atoms with van der Waals surface area (Å²) in [7, 11) is -11.0. The van der Waals surface area contributed by atoms with Gasteiger partial charge >= 0.3 is 10.1 Å². The van der Waals surface area contributed by atoms with Gasteiger partial charge < -0.3 is 25.5 Å². The summed E-state index contributed by atoms with van der Waals surface area (Å²) in [6.07, 6.45) is -9.89. The van der Waals surface area contributed by atoms with Crippen LogP contribution in [0.15, 0.2) is 0 Å². The summed E-state index contributed by atoms with van der Waals surface area (Å²) in [6, 6.07) is 0. The van der Waals surface area contributed by atoms with E-state index >= 15 is 0 Å². The Labute approximate surface area is 112 Å². The Morgan fingerprint density at radius 1 is 0.900 bits per heavy atom. The molecule has 7 N–H and O–H groups in total. The Morgan fingerprint density at radius 3 is 1.55 bits per heavy atom. The molecule has 0 aromatic carbocycles. The van der Waals surface area contributed by atoms with Gasteiger partial charge in [-0.05, 0) is 0 Å². The van der Waals surface area contributed by atoms with Gasteiger partial charge in [-0.3, -0.25) is 13.9 Å². The fourth-order valence-corrected chi connectivity index (χ4v) is 2.14. The minimum atomic E-state index is -5.68. The van der Waals surface area contributed by atoms with Crippen molar-refractivity contribution in [2.45, 2.75) is 28.7 Å². The zero-order valence-corrected chi connectivity index (χ0v) is 11.0. The number of aldehydes is 1. The third kappa shape index (κ3) is 3.68. The minimum Gasteiger partial charge on any atom is -0.387 e. The first kappa shape index (κ1) is 19.3. The Kier molecular flexibility index (Phi) is 5.75. The summed E-state index contributed by atoms with van der Waals surface area (Å²) in [5.74, 6) is 0. The van der Waals surface area contributed by atoms with Crippen molar-refractivity contribution in [1.82, 2.24) is 0 Å². The standard InChI is InChI=1S/C6H12O12S2/c7-1-6(12,20(16,17)18)4(10)2(8)3(9)5(11)19(13,14)15/h1-5,8-12H,(H,13,14,15)(H,16,17,18)/t2-,3+,4+,5?,6+/m1/s1. The van der Waals surface area contributed by atoms with E-state index in [9.17, 15) is 36.9 Å². The molecule has 0 spiro atoms. The maximum absolute atomic E-state index is 10.7. The molecule has 120 valence electrons. The number of rotatable bonds is 7. The van der Waals surface area contributed by atoms with Crippen LogP contribution < -0.4 is 0 Å². The number of aliphatic hydroxyl groups is 5. The summed E-state index contributed by atoms with van der Waals surface area (Å²) in [5, 5.41) is 45.7. The molecule has 0 amide bonds. The molecule has 0 aliphatic rings. The van der Waals surface area contributed by atoms with Crippen molar-refractivity contribution in [1.29, 1.82) is 0 Å². The monoisotopic (exact) mass is 340 g/mol. The molecule has 1 unspecified atom stereocenters. The quantitative estimate of drug-likeness (QED) is 0.171. The molecular formula is C6H12O12S2. The molecule has 0 aromatic rings. The molecule has 20 heavy (non-hydrogen) atoms. The van der Waals surface area contributed by atoms with Crippen LogP contribution in [0.25, 0.3) is 0 Å². The number of hydrogen-bond acceptors (Lipinski definition) is 10. The first-order valence-electron chi connectivity index (χ1n) is 4.54. The molecule has 5 atom stereocenters. The van der Waals surface area contributed by atoms with Crippen LogP contribution in [-0.2, 0) is 25.0 Å². The van der Waals surface area contributed by atoms with Crippen molar-refractivity contribution in [2.75, 3.05) is 0 Å². The van der Waals surface area contributed by atoms with Crippen LogP contribution in [0.2, 0.25) is 0 Å². The van der Waals surface area contributed by atoms with Crippen molar-refractivity contribution in [3.8, 4) is 0 Å². The fourth-order valence-electron chi connectivity index (χ4n) is 1.06. The summed E-state index contributed by atoms with van der Waals surface area (Å²) in [4.78, 5) is 6.44. The van der Waals surface area contributed by atoms with E-state index < -0.39 is 55.2 Å². The van der Waals surface area contributed by atoms with Gasteiger partial charge in [0.05, 0.1) is 0 Å². The number of carbonyl (C=O) groups excluding carboxylic acids is 1. The van der Waals surface area contributed by atoms with Crippen LogP contribution in [0.3, 0.4) is 0 Å². The van der Waals surface area contributed by atoms with Crippen LogP contribution in [-0.4, -0.2) is 86.4 Å². The van der Waals surface area contributed by atoms with Crippen molar-refractivity contribution < 1.29 is 56.3 Å². The normalized spacial score (nSPS) is 22.4. The van der Waals surface area contributed by atoms with Crippen LogP contribution in [0.4, 0.5) is 0 Å². The first-order chi connectivity index (χ1) is 8.70. The highest BCUT2D eigenvalue weighted by molar-refractivity contribution is 7.87. The van der Waals surface area contributed by atoms with E-state index in [0.29, 0.717) is 0 Å². The third-order valence-corrected chi connectivity index (χ3v) is 4.33. The van der Waals surface area contributed by atoms with Gasteiger partial charge in [-0.15, -0.1) is 0 Å². The summed E-state index contributed by atoms with van der Waals surface area (Å²) < 4.78 is 59.3. The predicted molar refractivity (Wildman–Crippen MR) is 58.1 cm³/mol. The maximum Gasteiger partial charge on any atom is 0.305 e. The number of hydrogen-bond donors (Lipinski definition) is 7. The largest absolute Gasteiger partial charge is 0.387 e. The van der Waals surface area contributed by atoms with Crippen molar-refractivity contribution in [2.24, 2.45) is 0 Å². The molecule has 0 bridgehead atoms. The predicted octanol–water partition coefficient (Wildman–Crippen LogP) is -4.95. The highest BCUT2D eigenvalue weighted by Crippen LogP contribution is 2.21. The molecule has 0 radical (unpaired) electrons. The first-order valence-corrected chi connectivity index (χ1v) is 7.48. The molecule has 0 saturated heterocycles. The molecule has 0 heterocycles. The highest BCUT2D eigenvalue weighted by atomic mass is 32.2. The van der Waals surface area contributed by atoms with Crippen LogP contribution in [0, 0.1) is 0 Å². The third-order valence-electron chi connectivity index (χ3n) is 2.28. The summed E-state index contributed by atoms with van der Waals surface area (Å²) >= 11 is 0. The van der Waals surface area contributed by atoms with Gasteiger partial charge in [-0.1, -0.05) is 0 Å². The van der Waals surface area contributed by atoms with E-state index in [-0.39, 0.29) is 0 Å². The van der Waals surface area contributed by atoms with Crippen molar-refractivity contribution in [3.63, 3.8) is 0 Å². The highest BCUT2D eigenvalue weighted by Gasteiger charge is 2.54. The zero-order valence-electron chi connectivity index (χ0n) is 9.37. The molecule has 14 heteroatoms. The average Bonchev–Trinajstić information content (AvgIpc) is 2.31. The summed E-state index contributed by atoms with van der Waals surface area (Å²) in [6.45, 7) is 0. The van der Waals surface area contributed by atoms with Crippen molar-refractivity contribution in [3.05, 3.63) is 0 Å². The Bertz CT molecular complexity index is 550. The second-order valence-corrected chi connectivity index (χ2v) is 6.79. The Morgan fingerprint density at radius 2 is 1.30 bits per heavy atom. The molecule has 0 aliphatic carbocycles. The lowest BCUT2D eigenvalue weighted by molar-refractivity contribution is -0.148. The lowest BCUT2D eigenvalue weighted by Gasteiger charge is -2.31. The lowest BCUT2D eigenvalue weighted by atomic mass is 10.0. The second kappa shape index (κ2) is 5.96. The van der Waals surface area contributed by atoms with Gasteiger partial charge in [-0.25, -0.2) is 0 Å². The van der Waals surface area contributed by atoms with E-state index in [2.05, 4.69) is 0 Å². The molecule has 0 aliphatic heterocycles. The number of carbonyl (C=O) groups is 1. The molecule has 0 aromatic heterocycles. The molecule has 12 nitrogen and oxygen atoms in total. The van der Waals surface area contributed by atoms with E-state index in [1.807, 2.05) is 0 Å². The van der Waals surface area contributed by atoms with Gasteiger partial charge in [0, 0.05) is 0 Å². The van der Waals surface area contributed by atoms with E-state index in [4.69, 9.17) is 19.3 Å². The Balaban J connectivity index is 5.51. The zero-order chi connectivity index (χ0) is 16.5. The van der Waals surface area contributed by atoms with Gasteiger partial charge in [0.25, 0.3) is 15.1 Å². The number of aliphatic hydroxyl groups excluding tert-OH is 4. The molecule has 0 saturated carbocycles. The fraction of sp³-hybridized carbons (Fsp3) is 0.833. The Hall–Kier alpha value is -0.710. The van der Waals surface area contributed by atoms with Gasteiger partial charge in [0.15, 0.2) is 6.29 Å².